The topological polar surface area (TPSA) is 27.7 Å². The van der Waals surface area contributed by atoms with Crippen LogP contribution in [0.4, 0.5) is 0 Å². The van der Waals surface area contributed by atoms with Gasteiger partial charge in [0.05, 0.1) is 6.61 Å². The molecule has 0 unspecified atom stereocenters. The van der Waals surface area contributed by atoms with Gasteiger partial charge >= 0.3 is 0 Å². The molecule has 1 fully saturated rings. The molecule has 1 heterocycles. The zero-order chi connectivity index (χ0) is 18.5. The first kappa shape index (κ1) is 18.5. The Bertz CT molecular complexity index is 852. The van der Waals surface area contributed by atoms with Crippen molar-refractivity contribution in [2.24, 2.45) is 0 Å². The fourth-order valence-corrected chi connectivity index (χ4v) is 3.63. The van der Waals surface area contributed by atoms with E-state index in [9.17, 15) is 0 Å². The van der Waals surface area contributed by atoms with E-state index in [4.69, 9.17) is 14.2 Å². The number of hydrogen-bond donors (Lipinski definition) is 0. The van der Waals surface area contributed by atoms with Crippen molar-refractivity contribution in [2.45, 2.75) is 18.3 Å². The van der Waals surface area contributed by atoms with Crippen LogP contribution in [0.3, 0.4) is 0 Å². The summed E-state index contributed by atoms with van der Waals surface area (Å²) >= 11 is 2.28. The zero-order valence-corrected chi connectivity index (χ0v) is 17.0. The first-order valence-corrected chi connectivity index (χ1v) is 10.1. The van der Waals surface area contributed by atoms with Gasteiger partial charge in [-0.05, 0) is 52.4 Å². The van der Waals surface area contributed by atoms with Crippen molar-refractivity contribution >= 4 is 22.6 Å². The van der Waals surface area contributed by atoms with Crippen molar-refractivity contribution < 1.29 is 14.2 Å². The number of benzene rings is 3. The Morgan fingerprint density at radius 2 is 1.56 bits per heavy atom. The quantitative estimate of drug-likeness (QED) is 0.463. The van der Waals surface area contributed by atoms with E-state index in [1.807, 2.05) is 60.7 Å². The highest BCUT2D eigenvalue weighted by Gasteiger charge is 2.43. The summed E-state index contributed by atoms with van der Waals surface area (Å²) in [4.78, 5) is 0. The summed E-state index contributed by atoms with van der Waals surface area (Å²) in [6.45, 7) is 0.968. The Morgan fingerprint density at radius 3 is 2.26 bits per heavy atom. The van der Waals surface area contributed by atoms with Crippen LogP contribution >= 0.6 is 22.6 Å². The minimum atomic E-state index is -0.775. The Labute approximate surface area is 173 Å². The fourth-order valence-electron chi connectivity index (χ4n) is 3.27. The second kappa shape index (κ2) is 8.42. The Morgan fingerprint density at radius 1 is 0.889 bits per heavy atom. The molecule has 138 valence electrons. The van der Waals surface area contributed by atoms with Crippen LogP contribution in [-0.2, 0) is 21.7 Å². The Balaban J connectivity index is 1.49. The molecule has 4 heteroatoms. The molecular weight excluding hydrogens is 451 g/mol. The summed E-state index contributed by atoms with van der Waals surface area (Å²) in [5, 5.41) is 0. The van der Waals surface area contributed by atoms with Gasteiger partial charge in [-0.25, -0.2) is 0 Å². The van der Waals surface area contributed by atoms with E-state index < -0.39 is 5.79 Å². The van der Waals surface area contributed by atoms with Gasteiger partial charge in [-0.15, -0.1) is 0 Å². The first-order chi connectivity index (χ1) is 13.2. The van der Waals surface area contributed by atoms with Crippen LogP contribution in [0.1, 0.15) is 11.1 Å². The number of ether oxygens (including phenoxy) is 3. The molecule has 3 aromatic carbocycles. The van der Waals surface area contributed by atoms with Crippen LogP contribution in [0.15, 0.2) is 84.9 Å². The lowest BCUT2D eigenvalue weighted by Gasteiger charge is -2.29. The van der Waals surface area contributed by atoms with Crippen LogP contribution in [0, 0.1) is 3.57 Å². The number of halogens is 1. The maximum absolute atomic E-state index is 6.44. The second-order valence-corrected chi connectivity index (χ2v) is 7.84. The van der Waals surface area contributed by atoms with Crippen molar-refractivity contribution in [3.8, 4) is 5.75 Å². The van der Waals surface area contributed by atoms with Gasteiger partial charge in [-0.3, -0.25) is 0 Å². The molecule has 0 spiro atoms. The minimum absolute atomic E-state index is 0.117. The average molecular weight is 472 g/mol. The normalized spacial score (nSPS) is 21.9. The molecule has 0 amide bonds. The van der Waals surface area contributed by atoms with E-state index in [0.717, 1.165) is 11.3 Å². The van der Waals surface area contributed by atoms with E-state index in [1.54, 1.807) is 0 Å². The summed E-state index contributed by atoms with van der Waals surface area (Å²) in [6, 6.07) is 28.5. The molecule has 2 atom stereocenters. The summed E-state index contributed by atoms with van der Waals surface area (Å²) < 4.78 is 19.8. The smallest absolute Gasteiger partial charge is 0.199 e. The molecule has 1 saturated heterocycles. The van der Waals surface area contributed by atoms with Crippen LogP contribution in [0.5, 0.6) is 5.75 Å². The van der Waals surface area contributed by atoms with E-state index in [2.05, 4.69) is 46.9 Å². The molecule has 3 aromatic rings. The zero-order valence-electron chi connectivity index (χ0n) is 14.9. The van der Waals surface area contributed by atoms with Crippen LogP contribution in [0.25, 0.3) is 0 Å². The van der Waals surface area contributed by atoms with Gasteiger partial charge < -0.3 is 14.2 Å². The summed E-state index contributed by atoms with van der Waals surface area (Å²) in [6.07, 6.45) is 0.547. The third-order valence-corrected chi connectivity index (χ3v) is 5.32. The molecule has 0 bridgehead atoms. The molecule has 3 nitrogen and oxygen atoms in total. The van der Waals surface area contributed by atoms with E-state index in [1.165, 1.54) is 9.13 Å². The van der Waals surface area contributed by atoms with Gasteiger partial charge in [-0.1, -0.05) is 60.7 Å². The first-order valence-electron chi connectivity index (χ1n) is 9.03. The molecular formula is C23H21IO3. The molecule has 0 saturated carbocycles. The molecule has 0 aliphatic carbocycles. The maximum Gasteiger partial charge on any atom is 0.199 e. The highest BCUT2D eigenvalue weighted by Crippen LogP contribution is 2.37. The lowest BCUT2D eigenvalue weighted by Crippen LogP contribution is -2.32. The lowest BCUT2D eigenvalue weighted by atomic mass is 9.97. The van der Waals surface area contributed by atoms with E-state index in [-0.39, 0.29) is 6.10 Å². The molecule has 1 aliphatic rings. The monoisotopic (exact) mass is 472 g/mol. The van der Waals surface area contributed by atoms with Crippen LogP contribution in [0.2, 0.25) is 0 Å². The Hall–Kier alpha value is -1.89. The molecule has 0 N–H and O–H groups in total. The van der Waals surface area contributed by atoms with Gasteiger partial charge in [0.1, 0.15) is 18.5 Å². The summed E-state index contributed by atoms with van der Waals surface area (Å²) in [7, 11) is 0. The van der Waals surface area contributed by atoms with E-state index >= 15 is 0 Å². The van der Waals surface area contributed by atoms with Gasteiger partial charge in [0.2, 0.25) is 0 Å². The molecule has 0 radical (unpaired) electrons. The van der Waals surface area contributed by atoms with Gasteiger partial charge in [0.25, 0.3) is 0 Å². The molecule has 0 aromatic heterocycles. The summed E-state index contributed by atoms with van der Waals surface area (Å²) in [5.74, 6) is 0.0715. The molecule has 4 rings (SSSR count). The van der Waals surface area contributed by atoms with Crippen molar-refractivity contribution in [2.75, 3.05) is 13.2 Å². The van der Waals surface area contributed by atoms with E-state index in [0.29, 0.717) is 19.6 Å². The van der Waals surface area contributed by atoms with Crippen molar-refractivity contribution in [3.05, 3.63) is 99.6 Å². The van der Waals surface area contributed by atoms with Gasteiger partial charge in [-0.2, -0.15) is 0 Å². The highest BCUT2D eigenvalue weighted by molar-refractivity contribution is 14.1. The molecule has 27 heavy (non-hydrogen) atoms. The Kier molecular flexibility index (Phi) is 5.76. The minimum Gasteiger partial charge on any atom is -0.491 e. The second-order valence-electron chi connectivity index (χ2n) is 6.60. The van der Waals surface area contributed by atoms with Crippen molar-refractivity contribution in [1.29, 1.82) is 0 Å². The summed E-state index contributed by atoms with van der Waals surface area (Å²) in [5.41, 5.74) is 2.21. The number of hydrogen-bond acceptors (Lipinski definition) is 3. The predicted octanol–water partition coefficient (Wildman–Crippen LogP) is 5.18. The maximum atomic E-state index is 6.44. The van der Waals surface area contributed by atoms with Gasteiger partial charge in [0.15, 0.2) is 5.79 Å². The predicted molar refractivity (Wildman–Crippen MR) is 114 cm³/mol. The standard InChI is InChI=1S/C23H21IO3/c24-20-11-13-21(14-12-20)25-16-22-17-26-23(27-22,19-9-5-2-6-10-19)15-18-7-3-1-4-8-18/h1-14,22H,15-17H2/t22-,23-/m1/s1. The van der Waals surface area contributed by atoms with Gasteiger partial charge in [0, 0.05) is 15.6 Å². The largest absolute Gasteiger partial charge is 0.491 e. The van der Waals surface area contributed by atoms with Crippen LogP contribution < -0.4 is 4.74 Å². The number of rotatable bonds is 6. The molecule has 1 aliphatic heterocycles. The van der Waals surface area contributed by atoms with Crippen molar-refractivity contribution in [1.82, 2.24) is 0 Å². The fraction of sp³-hybridized carbons (Fsp3) is 0.217. The third-order valence-electron chi connectivity index (χ3n) is 4.60. The van der Waals surface area contributed by atoms with Crippen molar-refractivity contribution in [3.63, 3.8) is 0 Å². The van der Waals surface area contributed by atoms with Crippen LogP contribution in [-0.4, -0.2) is 19.3 Å². The lowest BCUT2D eigenvalue weighted by molar-refractivity contribution is -0.178. The third kappa shape index (κ3) is 4.51. The highest BCUT2D eigenvalue weighted by atomic mass is 127. The SMILES string of the molecule is Ic1ccc(OC[C@@H]2CO[C@@](Cc3ccccc3)(c3ccccc3)O2)cc1. The average Bonchev–Trinajstić information content (AvgIpc) is 3.13.